The average Bonchev–Trinajstić information content (AvgIpc) is 2.81. The molecule has 0 spiro atoms. The van der Waals surface area contributed by atoms with Gasteiger partial charge in [-0.2, -0.15) is 0 Å². The summed E-state index contributed by atoms with van der Waals surface area (Å²) in [5.74, 6) is -0.897. The van der Waals surface area contributed by atoms with Gasteiger partial charge in [0.25, 0.3) is 0 Å². The fraction of sp³-hybridized carbons (Fsp3) is 0.375. The Kier molecular flexibility index (Phi) is 6.44. The van der Waals surface area contributed by atoms with Crippen molar-refractivity contribution in [2.45, 2.75) is 25.3 Å². The van der Waals surface area contributed by atoms with Crippen LogP contribution in [-0.2, 0) is 20.7 Å². The summed E-state index contributed by atoms with van der Waals surface area (Å²) in [5, 5.41) is 8.32. The second-order valence-corrected chi connectivity index (χ2v) is 8.01. The molecule has 31 heavy (non-hydrogen) atoms. The number of nitrogens with one attached hydrogen (secondary N) is 1. The predicted octanol–water partition coefficient (Wildman–Crippen LogP) is 2.68. The molecule has 2 aliphatic rings. The quantitative estimate of drug-likeness (QED) is 0.340. The molecule has 2 aromatic rings. The van der Waals surface area contributed by atoms with E-state index in [4.69, 9.17) is 20.6 Å². The Bertz CT molecular complexity index is 967. The van der Waals surface area contributed by atoms with Crippen LogP contribution in [0.5, 0.6) is 0 Å². The van der Waals surface area contributed by atoms with E-state index in [1.807, 2.05) is 23.1 Å². The van der Waals surface area contributed by atoms with Gasteiger partial charge in [-0.1, -0.05) is 36.4 Å². The van der Waals surface area contributed by atoms with Crippen LogP contribution in [0.15, 0.2) is 48.5 Å². The molecule has 0 amide bonds. The predicted molar refractivity (Wildman–Crippen MR) is 116 cm³/mol. The Balaban J connectivity index is 1.33. The van der Waals surface area contributed by atoms with Crippen LogP contribution >= 0.6 is 0 Å². The molecule has 0 radical (unpaired) electrons. The molecular weight excluding hydrogens is 394 g/mol. The lowest BCUT2D eigenvalue weighted by molar-refractivity contribution is -0.139. The zero-order valence-corrected chi connectivity index (χ0v) is 17.4. The van der Waals surface area contributed by atoms with Crippen molar-refractivity contribution in [2.24, 2.45) is 11.7 Å². The molecule has 1 saturated heterocycles. The third kappa shape index (κ3) is 4.84. The Morgan fingerprint density at radius 2 is 1.74 bits per heavy atom. The molecule has 3 N–H and O–H groups in total. The SMILES string of the molecule is N=C(c1ccc(C(=O)OC(=O)CC2CCc3ccccc3C2N)cc1)N1CCOCC1. The van der Waals surface area contributed by atoms with E-state index in [-0.39, 0.29) is 23.9 Å². The molecule has 7 heteroatoms. The molecular formula is C24H27N3O4. The molecule has 1 aliphatic heterocycles. The number of amidine groups is 1. The summed E-state index contributed by atoms with van der Waals surface area (Å²) in [4.78, 5) is 26.7. The summed E-state index contributed by atoms with van der Waals surface area (Å²) in [7, 11) is 0. The molecule has 2 atom stereocenters. The molecule has 1 aliphatic carbocycles. The molecule has 162 valence electrons. The highest BCUT2D eigenvalue weighted by Gasteiger charge is 2.29. The lowest BCUT2D eigenvalue weighted by Gasteiger charge is -2.30. The van der Waals surface area contributed by atoms with E-state index in [9.17, 15) is 9.59 Å². The van der Waals surface area contributed by atoms with E-state index >= 15 is 0 Å². The van der Waals surface area contributed by atoms with Crippen LogP contribution in [-0.4, -0.2) is 49.0 Å². The summed E-state index contributed by atoms with van der Waals surface area (Å²) in [5.41, 5.74) is 9.64. The zero-order valence-electron chi connectivity index (χ0n) is 17.4. The lowest BCUT2D eigenvalue weighted by Crippen LogP contribution is -2.40. The highest BCUT2D eigenvalue weighted by molar-refractivity contribution is 5.99. The Hall–Kier alpha value is -3.03. The van der Waals surface area contributed by atoms with Crippen LogP contribution in [0.2, 0.25) is 0 Å². The van der Waals surface area contributed by atoms with E-state index in [2.05, 4.69) is 6.07 Å². The second-order valence-electron chi connectivity index (χ2n) is 8.01. The zero-order chi connectivity index (χ0) is 21.8. The molecule has 2 aromatic carbocycles. The number of benzene rings is 2. The Morgan fingerprint density at radius 1 is 1.06 bits per heavy atom. The van der Waals surface area contributed by atoms with Gasteiger partial charge in [0.05, 0.1) is 25.2 Å². The lowest BCUT2D eigenvalue weighted by atomic mass is 9.78. The molecule has 1 heterocycles. The van der Waals surface area contributed by atoms with E-state index in [0.29, 0.717) is 37.7 Å². The number of morpholine rings is 1. The minimum absolute atomic E-state index is 0.0495. The summed E-state index contributed by atoms with van der Waals surface area (Å²) < 4.78 is 10.4. The molecule has 1 fully saturated rings. The first-order valence-electron chi connectivity index (χ1n) is 10.6. The molecule has 0 aromatic heterocycles. The summed E-state index contributed by atoms with van der Waals surface area (Å²) >= 11 is 0. The summed E-state index contributed by atoms with van der Waals surface area (Å²) in [6.45, 7) is 2.55. The number of ether oxygens (including phenoxy) is 2. The minimum Gasteiger partial charge on any atom is -0.389 e. The van der Waals surface area contributed by atoms with Gasteiger partial charge in [-0.3, -0.25) is 10.2 Å². The number of fused-ring (bicyclic) bond motifs is 1. The largest absolute Gasteiger partial charge is 0.389 e. The number of esters is 2. The van der Waals surface area contributed by atoms with Crippen molar-refractivity contribution in [1.82, 2.24) is 4.90 Å². The van der Waals surface area contributed by atoms with E-state index in [1.165, 1.54) is 5.56 Å². The van der Waals surface area contributed by atoms with Crippen LogP contribution in [0.3, 0.4) is 0 Å². The third-order valence-corrected chi connectivity index (χ3v) is 6.06. The molecule has 0 saturated carbocycles. The van der Waals surface area contributed by atoms with E-state index < -0.39 is 11.9 Å². The fourth-order valence-electron chi connectivity index (χ4n) is 4.24. The number of nitrogens with two attached hydrogens (primary N) is 1. The number of nitrogens with zero attached hydrogens (tertiary/aromatic N) is 1. The molecule has 4 rings (SSSR count). The fourth-order valence-corrected chi connectivity index (χ4v) is 4.24. The Morgan fingerprint density at radius 3 is 2.48 bits per heavy atom. The van der Waals surface area contributed by atoms with Gasteiger partial charge < -0.3 is 20.1 Å². The van der Waals surface area contributed by atoms with Crippen molar-refractivity contribution in [1.29, 1.82) is 5.41 Å². The van der Waals surface area contributed by atoms with E-state index in [0.717, 1.165) is 18.4 Å². The first-order chi connectivity index (χ1) is 15.0. The van der Waals surface area contributed by atoms with Gasteiger partial charge in [0, 0.05) is 24.7 Å². The van der Waals surface area contributed by atoms with Gasteiger partial charge in [-0.15, -0.1) is 0 Å². The van der Waals surface area contributed by atoms with Crippen LogP contribution in [0.25, 0.3) is 0 Å². The summed E-state index contributed by atoms with van der Waals surface area (Å²) in [6, 6.07) is 14.3. The van der Waals surface area contributed by atoms with Gasteiger partial charge in [0.1, 0.15) is 5.84 Å². The van der Waals surface area contributed by atoms with Gasteiger partial charge in [-0.25, -0.2) is 4.79 Å². The maximum Gasteiger partial charge on any atom is 0.345 e. The van der Waals surface area contributed by atoms with Crippen molar-refractivity contribution < 1.29 is 19.1 Å². The van der Waals surface area contributed by atoms with Crippen LogP contribution < -0.4 is 5.73 Å². The van der Waals surface area contributed by atoms with E-state index in [1.54, 1.807) is 24.3 Å². The number of carbonyl (C=O) groups is 2. The maximum absolute atomic E-state index is 12.4. The average molecular weight is 421 g/mol. The molecule has 7 nitrogen and oxygen atoms in total. The number of aryl methyl sites for hydroxylation is 1. The molecule has 0 bridgehead atoms. The highest BCUT2D eigenvalue weighted by atomic mass is 16.6. The number of hydrogen-bond acceptors (Lipinski definition) is 6. The van der Waals surface area contributed by atoms with Gasteiger partial charge in [0.2, 0.25) is 0 Å². The normalized spacial score (nSPS) is 20.6. The maximum atomic E-state index is 12.4. The number of rotatable bonds is 4. The smallest absolute Gasteiger partial charge is 0.345 e. The first-order valence-corrected chi connectivity index (χ1v) is 10.6. The topological polar surface area (TPSA) is 106 Å². The van der Waals surface area contributed by atoms with Gasteiger partial charge >= 0.3 is 11.9 Å². The van der Waals surface area contributed by atoms with Crippen molar-refractivity contribution in [3.05, 3.63) is 70.8 Å². The highest BCUT2D eigenvalue weighted by Crippen LogP contribution is 2.34. The van der Waals surface area contributed by atoms with Crippen molar-refractivity contribution >= 4 is 17.8 Å². The van der Waals surface area contributed by atoms with Crippen LogP contribution in [0, 0.1) is 11.3 Å². The van der Waals surface area contributed by atoms with Crippen molar-refractivity contribution in [2.75, 3.05) is 26.3 Å². The standard InChI is InChI=1S/C24H27N3O4/c25-22-19(10-5-16-3-1-2-4-20(16)22)15-21(28)31-24(29)18-8-6-17(7-9-18)23(26)27-11-13-30-14-12-27/h1-4,6-9,19,22,26H,5,10-15,25H2. The van der Waals surface area contributed by atoms with Crippen LogP contribution in [0.4, 0.5) is 0 Å². The van der Waals surface area contributed by atoms with Gasteiger partial charge in [0.15, 0.2) is 0 Å². The van der Waals surface area contributed by atoms with Crippen LogP contribution in [0.1, 0.15) is 45.9 Å². The second kappa shape index (κ2) is 9.41. The third-order valence-electron chi connectivity index (χ3n) is 6.06. The first kappa shape index (κ1) is 21.2. The minimum atomic E-state index is -0.681. The van der Waals surface area contributed by atoms with Crippen molar-refractivity contribution in [3.63, 3.8) is 0 Å². The number of hydrogen-bond donors (Lipinski definition) is 2. The number of carbonyl (C=O) groups excluding carboxylic acids is 2. The van der Waals surface area contributed by atoms with Crippen molar-refractivity contribution in [3.8, 4) is 0 Å². The van der Waals surface area contributed by atoms with Gasteiger partial charge in [-0.05, 0) is 42.0 Å². The Labute approximate surface area is 181 Å². The summed E-state index contributed by atoms with van der Waals surface area (Å²) in [6.07, 6.45) is 1.77. The monoisotopic (exact) mass is 421 g/mol. The molecule has 2 unspecified atom stereocenters.